The summed E-state index contributed by atoms with van der Waals surface area (Å²) >= 11 is 0. The number of hydrogen-bond donors (Lipinski definition) is 1. The molecule has 0 saturated carbocycles. The van der Waals surface area contributed by atoms with Gasteiger partial charge in [0, 0.05) is 5.56 Å². The first-order valence-electron chi connectivity index (χ1n) is 6.69. The van der Waals surface area contributed by atoms with Crippen LogP contribution in [-0.2, 0) is 6.42 Å². The Bertz CT molecular complexity index is 601. The Morgan fingerprint density at radius 1 is 1.00 bits per heavy atom. The molecule has 0 unspecified atom stereocenters. The molecule has 0 fully saturated rings. The van der Waals surface area contributed by atoms with E-state index >= 15 is 0 Å². The van der Waals surface area contributed by atoms with Crippen molar-refractivity contribution in [3.8, 4) is 0 Å². The van der Waals surface area contributed by atoms with Gasteiger partial charge in [-0.15, -0.1) is 0 Å². The van der Waals surface area contributed by atoms with Crippen molar-refractivity contribution in [2.24, 2.45) is 5.10 Å². The number of benzene rings is 2. The first-order chi connectivity index (χ1) is 9.70. The molecule has 3 heteroatoms. The number of nitrogens with one attached hydrogen (secondary N) is 1. The Labute approximate surface area is 119 Å². The maximum absolute atomic E-state index is 11.9. The SMILES string of the molecule is CCc1ccc(/C(C)=N\NC(=O)c2ccccc2)cc1. The van der Waals surface area contributed by atoms with Crippen LogP contribution in [0.4, 0.5) is 0 Å². The lowest BCUT2D eigenvalue weighted by Gasteiger charge is -2.04. The summed E-state index contributed by atoms with van der Waals surface area (Å²) < 4.78 is 0. The van der Waals surface area contributed by atoms with Gasteiger partial charge in [-0.05, 0) is 36.6 Å². The van der Waals surface area contributed by atoms with E-state index in [0.29, 0.717) is 5.56 Å². The quantitative estimate of drug-likeness (QED) is 0.668. The Hall–Kier alpha value is -2.42. The van der Waals surface area contributed by atoms with E-state index < -0.39 is 0 Å². The molecule has 20 heavy (non-hydrogen) atoms. The van der Waals surface area contributed by atoms with Crippen LogP contribution in [0.2, 0.25) is 0 Å². The van der Waals surface area contributed by atoms with E-state index in [0.717, 1.165) is 17.7 Å². The summed E-state index contributed by atoms with van der Waals surface area (Å²) in [5.74, 6) is -0.199. The van der Waals surface area contributed by atoms with Gasteiger partial charge in [-0.2, -0.15) is 5.10 Å². The van der Waals surface area contributed by atoms with E-state index in [-0.39, 0.29) is 5.91 Å². The van der Waals surface area contributed by atoms with E-state index in [4.69, 9.17) is 0 Å². The van der Waals surface area contributed by atoms with Crippen molar-refractivity contribution in [3.05, 3.63) is 71.3 Å². The zero-order chi connectivity index (χ0) is 14.4. The van der Waals surface area contributed by atoms with Crippen LogP contribution in [0.1, 0.15) is 35.3 Å². The van der Waals surface area contributed by atoms with Crippen molar-refractivity contribution in [1.29, 1.82) is 0 Å². The predicted molar refractivity (Wildman–Crippen MR) is 81.9 cm³/mol. The van der Waals surface area contributed by atoms with Crippen molar-refractivity contribution in [3.63, 3.8) is 0 Å². The summed E-state index contributed by atoms with van der Waals surface area (Å²) in [5.41, 5.74) is 6.26. The standard InChI is InChI=1S/C17H18N2O/c1-3-14-9-11-15(12-10-14)13(2)18-19-17(20)16-7-5-4-6-8-16/h4-12H,3H2,1-2H3,(H,19,20)/b18-13-. The monoisotopic (exact) mass is 266 g/mol. The molecule has 0 aliphatic rings. The molecule has 0 saturated heterocycles. The molecule has 0 heterocycles. The van der Waals surface area contributed by atoms with Gasteiger partial charge in [0.25, 0.3) is 5.91 Å². The lowest BCUT2D eigenvalue weighted by Crippen LogP contribution is -2.19. The summed E-state index contributed by atoms with van der Waals surface area (Å²) in [6.45, 7) is 4.00. The van der Waals surface area contributed by atoms with Gasteiger partial charge in [0.15, 0.2) is 0 Å². The summed E-state index contributed by atoms with van der Waals surface area (Å²) in [4.78, 5) is 11.9. The van der Waals surface area contributed by atoms with E-state index in [1.165, 1.54) is 5.56 Å². The van der Waals surface area contributed by atoms with Crippen LogP contribution >= 0.6 is 0 Å². The molecule has 1 N–H and O–H groups in total. The highest BCUT2D eigenvalue weighted by atomic mass is 16.2. The van der Waals surface area contributed by atoms with Crippen molar-refractivity contribution < 1.29 is 4.79 Å². The van der Waals surface area contributed by atoms with Gasteiger partial charge in [-0.3, -0.25) is 4.79 Å². The second-order valence-electron chi connectivity index (χ2n) is 4.55. The lowest BCUT2D eigenvalue weighted by atomic mass is 10.1. The number of hydrogen-bond acceptors (Lipinski definition) is 2. The average molecular weight is 266 g/mol. The third-order valence-corrected chi connectivity index (χ3v) is 3.14. The van der Waals surface area contributed by atoms with Gasteiger partial charge >= 0.3 is 0 Å². The Morgan fingerprint density at radius 2 is 1.65 bits per heavy atom. The summed E-state index contributed by atoms with van der Waals surface area (Å²) in [5, 5.41) is 4.14. The van der Waals surface area contributed by atoms with Crippen LogP contribution in [0.3, 0.4) is 0 Å². The molecule has 0 radical (unpaired) electrons. The lowest BCUT2D eigenvalue weighted by molar-refractivity contribution is 0.0955. The number of nitrogens with zero attached hydrogens (tertiary/aromatic N) is 1. The first-order valence-corrected chi connectivity index (χ1v) is 6.69. The number of amides is 1. The van der Waals surface area contributed by atoms with Crippen LogP contribution in [0.15, 0.2) is 59.7 Å². The zero-order valence-electron chi connectivity index (χ0n) is 11.8. The summed E-state index contributed by atoms with van der Waals surface area (Å²) in [6, 6.07) is 17.2. The Balaban J connectivity index is 2.05. The molecule has 0 bridgehead atoms. The maximum atomic E-state index is 11.9. The number of hydrazone groups is 1. The largest absolute Gasteiger partial charge is 0.271 e. The van der Waals surface area contributed by atoms with Gasteiger partial charge in [0.1, 0.15) is 0 Å². The molecule has 1 amide bonds. The number of carbonyl (C=O) groups is 1. The number of rotatable bonds is 4. The Kier molecular flexibility index (Phi) is 4.66. The third kappa shape index (κ3) is 3.54. The molecule has 0 aliphatic carbocycles. The minimum atomic E-state index is -0.199. The third-order valence-electron chi connectivity index (χ3n) is 3.14. The predicted octanol–water partition coefficient (Wildman–Crippen LogP) is 3.40. The van der Waals surface area contributed by atoms with Crippen LogP contribution in [-0.4, -0.2) is 11.6 Å². The number of aryl methyl sites for hydroxylation is 1. The molecule has 3 nitrogen and oxygen atoms in total. The van der Waals surface area contributed by atoms with E-state index in [2.05, 4.69) is 29.6 Å². The fraction of sp³-hybridized carbons (Fsp3) is 0.176. The molecular formula is C17H18N2O. The summed E-state index contributed by atoms with van der Waals surface area (Å²) in [7, 11) is 0. The van der Waals surface area contributed by atoms with Gasteiger partial charge in [0.2, 0.25) is 0 Å². The zero-order valence-corrected chi connectivity index (χ0v) is 11.8. The van der Waals surface area contributed by atoms with E-state index in [9.17, 15) is 4.79 Å². The smallest absolute Gasteiger partial charge is 0.267 e. The second kappa shape index (κ2) is 6.66. The molecule has 0 atom stereocenters. The molecule has 0 aliphatic heterocycles. The molecule has 102 valence electrons. The van der Waals surface area contributed by atoms with E-state index in [1.807, 2.05) is 37.3 Å². The number of carbonyl (C=O) groups excluding carboxylic acids is 1. The van der Waals surface area contributed by atoms with Gasteiger partial charge in [0.05, 0.1) is 5.71 Å². The van der Waals surface area contributed by atoms with E-state index in [1.54, 1.807) is 12.1 Å². The van der Waals surface area contributed by atoms with Crippen LogP contribution < -0.4 is 5.43 Å². The van der Waals surface area contributed by atoms with Crippen LogP contribution in [0.25, 0.3) is 0 Å². The molecule has 2 rings (SSSR count). The van der Waals surface area contributed by atoms with Gasteiger partial charge in [-0.25, -0.2) is 5.43 Å². The highest BCUT2D eigenvalue weighted by Gasteiger charge is 2.03. The van der Waals surface area contributed by atoms with Crippen LogP contribution in [0, 0.1) is 0 Å². The van der Waals surface area contributed by atoms with Crippen molar-refractivity contribution in [2.45, 2.75) is 20.3 Å². The normalized spacial score (nSPS) is 11.2. The highest BCUT2D eigenvalue weighted by molar-refractivity contribution is 6.00. The van der Waals surface area contributed by atoms with Crippen molar-refractivity contribution in [2.75, 3.05) is 0 Å². The second-order valence-corrected chi connectivity index (χ2v) is 4.55. The molecule has 0 aromatic heterocycles. The average Bonchev–Trinajstić information content (AvgIpc) is 2.53. The molecular weight excluding hydrogens is 248 g/mol. The van der Waals surface area contributed by atoms with Crippen LogP contribution in [0.5, 0.6) is 0 Å². The fourth-order valence-electron chi connectivity index (χ4n) is 1.83. The van der Waals surface area contributed by atoms with Gasteiger partial charge in [-0.1, -0.05) is 49.4 Å². The fourth-order valence-corrected chi connectivity index (χ4v) is 1.83. The topological polar surface area (TPSA) is 41.5 Å². The maximum Gasteiger partial charge on any atom is 0.271 e. The molecule has 2 aromatic rings. The molecule has 0 spiro atoms. The highest BCUT2D eigenvalue weighted by Crippen LogP contribution is 2.06. The van der Waals surface area contributed by atoms with Crippen molar-refractivity contribution in [1.82, 2.24) is 5.43 Å². The molecule has 2 aromatic carbocycles. The Morgan fingerprint density at radius 3 is 2.25 bits per heavy atom. The van der Waals surface area contributed by atoms with Crippen molar-refractivity contribution >= 4 is 11.6 Å². The summed E-state index contributed by atoms with van der Waals surface area (Å²) in [6.07, 6.45) is 1.02. The minimum Gasteiger partial charge on any atom is -0.267 e. The minimum absolute atomic E-state index is 0.199. The van der Waals surface area contributed by atoms with Gasteiger partial charge < -0.3 is 0 Å². The first kappa shape index (κ1) is 14.0.